The Balaban J connectivity index is 1.64. The molecule has 7 nitrogen and oxygen atoms in total. The van der Waals surface area contributed by atoms with Crippen LogP contribution in [0.15, 0.2) is 30.6 Å². The first-order valence-electron chi connectivity index (χ1n) is 6.91. The van der Waals surface area contributed by atoms with Crippen LogP contribution in [0, 0.1) is 15.9 Å². The van der Waals surface area contributed by atoms with Crippen molar-refractivity contribution < 1.29 is 14.4 Å². The molecule has 1 aromatic heterocycles. The van der Waals surface area contributed by atoms with E-state index in [-0.39, 0.29) is 18.0 Å². The lowest BCUT2D eigenvalue weighted by atomic mass is 10.1. The summed E-state index contributed by atoms with van der Waals surface area (Å²) in [6, 6.07) is 4.66. The third-order valence-electron chi connectivity index (χ3n) is 3.70. The minimum atomic E-state index is -0.756. The Labute approximate surface area is 125 Å². The van der Waals surface area contributed by atoms with Crippen molar-refractivity contribution in [3.05, 3.63) is 52.1 Å². The summed E-state index contributed by atoms with van der Waals surface area (Å²) in [5.74, 6) is -0.303. The van der Waals surface area contributed by atoms with Crippen LogP contribution in [0.2, 0.25) is 0 Å². The summed E-state index contributed by atoms with van der Waals surface area (Å²) < 4.78 is 14.7. The van der Waals surface area contributed by atoms with Gasteiger partial charge in [0.1, 0.15) is 18.2 Å². The zero-order chi connectivity index (χ0) is 15.7. The number of benzene rings is 1. The third kappa shape index (κ3) is 2.91. The van der Waals surface area contributed by atoms with Crippen molar-refractivity contribution >= 4 is 11.4 Å². The molecule has 116 valence electrons. The standard InChI is InChI=1S/C14H15FN4O3/c15-11-2-1-10-3-4-17(14(10)5-11)8-13(20)9-18-7-12(6-16-18)19(21)22/h1-2,5-7,13,20H,3-4,8-9H2/t13-/m1/s1. The lowest BCUT2D eigenvalue weighted by molar-refractivity contribution is -0.385. The molecule has 1 atom stereocenters. The van der Waals surface area contributed by atoms with Gasteiger partial charge < -0.3 is 10.0 Å². The number of hydrogen-bond donors (Lipinski definition) is 1. The van der Waals surface area contributed by atoms with Crippen molar-refractivity contribution in [1.82, 2.24) is 9.78 Å². The van der Waals surface area contributed by atoms with Gasteiger partial charge in [-0.25, -0.2) is 4.39 Å². The van der Waals surface area contributed by atoms with Gasteiger partial charge in [0.15, 0.2) is 0 Å². The largest absolute Gasteiger partial charge is 0.389 e. The molecule has 0 unspecified atom stereocenters. The molecule has 0 fully saturated rings. The summed E-state index contributed by atoms with van der Waals surface area (Å²) in [4.78, 5) is 12.0. The van der Waals surface area contributed by atoms with Crippen molar-refractivity contribution in [2.24, 2.45) is 0 Å². The first-order chi connectivity index (χ1) is 10.5. The normalized spacial score (nSPS) is 14.9. The molecular weight excluding hydrogens is 291 g/mol. The molecule has 1 N–H and O–H groups in total. The molecule has 1 aromatic carbocycles. The fourth-order valence-corrected chi connectivity index (χ4v) is 2.68. The Morgan fingerprint density at radius 2 is 2.27 bits per heavy atom. The second-order valence-corrected chi connectivity index (χ2v) is 5.30. The van der Waals surface area contributed by atoms with Gasteiger partial charge in [-0.15, -0.1) is 0 Å². The maximum atomic E-state index is 13.3. The van der Waals surface area contributed by atoms with Crippen molar-refractivity contribution in [1.29, 1.82) is 0 Å². The number of nitrogens with zero attached hydrogens (tertiary/aromatic N) is 4. The van der Waals surface area contributed by atoms with E-state index >= 15 is 0 Å². The van der Waals surface area contributed by atoms with Crippen LogP contribution in [0.1, 0.15) is 5.56 Å². The molecule has 8 heteroatoms. The average molecular weight is 306 g/mol. The van der Waals surface area contributed by atoms with Crippen LogP contribution in [0.25, 0.3) is 0 Å². The smallest absolute Gasteiger partial charge is 0.306 e. The predicted molar refractivity (Wildman–Crippen MR) is 77.2 cm³/mol. The van der Waals surface area contributed by atoms with Gasteiger partial charge in [0.2, 0.25) is 0 Å². The lowest BCUT2D eigenvalue weighted by Gasteiger charge is -2.22. The molecule has 22 heavy (non-hydrogen) atoms. The molecular formula is C14H15FN4O3. The molecule has 0 radical (unpaired) electrons. The highest BCUT2D eigenvalue weighted by molar-refractivity contribution is 5.58. The average Bonchev–Trinajstić information content (AvgIpc) is 3.07. The zero-order valence-corrected chi connectivity index (χ0v) is 11.7. The van der Waals surface area contributed by atoms with E-state index in [0.717, 1.165) is 30.4 Å². The molecule has 0 amide bonds. The fraction of sp³-hybridized carbons (Fsp3) is 0.357. The van der Waals surface area contributed by atoms with Crippen LogP contribution < -0.4 is 4.90 Å². The van der Waals surface area contributed by atoms with Gasteiger partial charge in [-0.1, -0.05) is 6.07 Å². The molecule has 0 spiro atoms. The van der Waals surface area contributed by atoms with Gasteiger partial charge in [-0.3, -0.25) is 14.8 Å². The van der Waals surface area contributed by atoms with E-state index in [2.05, 4.69) is 5.10 Å². The maximum absolute atomic E-state index is 13.3. The number of hydrogen-bond acceptors (Lipinski definition) is 5. The molecule has 2 aromatic rings. The number of β-amino-alcohol motifs (C(OH)–C–C–N with tert-alkyl or cyclic N) is 1. The van der Waals surface area contributed by atoms with Gasteiger partial charge >= 0.3 is 5.69 Å². The van der Waals surface area contributed by atoms with Crippen molar-refractivity contribution in [3.63, 3.8) is 0 Å². The van der Waals surface area contributed by atoms with Crippen LogP contribution in [0.3, 0.4) is 0 Å². The van der Waals surface area contributed by atoms with E-state index in [1.165, 1.54) is 23.0 Å². The van der Waals surface area contributed by atoms with E-state index in [1.54, 1.807) is 6.07 Å². The van der Waals surface area contributed by atoms with Crippen LogP contribution in [-0.4, -0.2) is 39.0 Å². The highest BCUT2D eigenvalue weighted by atomic mass is 19.1. The molecule has 0 saturated carbocycles. The third-order valence-corrected chi connectivity index (χ3v) is 3.70. The van der Waals surface area contributed by atoms with Gasteiger partial charge in [-0.05, 0) is 24.1 Å². The molecule has 0 aliphatic carbocycles. The van der Waals surface area contributed by atoms with E-state index < -0.39 is 11.0 Å². The van der Waals surface area contributed by atoms with Gasteiger partial charge in [0.25, 0.3) is 0 Å². The van der Waals surface area contributed by atoms with Crippen LogP contribution in [0.4, 0.5) is 15.8 Å². The number of aromatic nitrogens is 2. The summed E-state index contributed by atoms with van der Waals surface area (Å²) in [6.45, 7) is 1.19. The van der Waals surface area contributed by atoms with Gasteiger partial charge in [-0.2, -0.15) is 5.10 Å². The number of fused-ring (bicyclic) bond motifs is 1. The number of nitro groups is 1. The number of aliphatic hydroxyl groups excluding tert-OH is 1. The minimum absolute atomic E-state index is 0.110. The second kappa shape index (κ2) is 5.72. The Kier molecular flexibility index (Phi) is 3.76. The minimum Gasteiger partial charge on any atom is -0.389 e. The fourth-order valence-electron chi connectivity index (χ4n) is 2.68. The Morgan fingerprint density at radius 1 is 1.45 bits per heavy atom. The van der Waals surface area contributed by atoms with Crippen LogP contribution >= 0.6 is 0 Å². The highest BCUT2D eigenvalue weighted by Crippen LogP contribution is 2.28. The summed E-state index contributed by atoms with van der Waals surface area (Å²) in [5.41, 5.74) is 1.75. The predicted octanol–water partition coefficient (Wildman–Crippen LogP) is 1.35. The zero-order valence-electron chi connectivity index (χ0n) is 11.7. The van der Waals surface area contributed by atoms with Gasteiger partial charge in [0.05, 0.1) is 17.6 Å². The Morgan fingerprint density at radius 3 is 3.00 bits per heavy atom. The first kappa shape index (κ1) is 14.5. The summed E-state index contributed by atoms with van der Waals surface area (Å²) in [5, 5.41) is 24.6. The van der Waals surface area contributed by atoms with Crippen LogP contribution in [0.5, 0.6) is 0 Å². The molecule has 2 heterocycles. The quantitative estimate of drug-likeness (QED) is 0.666. The monoisotopic (exact) mass is 306 g/mol. The molecule has 0 saturated heterocycles. The number of rotatable bonds is 5. The highest BCUT2D eigenvalue weighted by Gasteiger charge is 2.22. The van der Waals surface area contributed by atoms with Crippen molar-refractivity contribution in [2.75, 3.05) is 18.0 Å². The molecule has 0 bridgehead atoms. The first-order valence-corrected chi connectivity index (χ1v) is 6.91. The topological polar surface area (TPSA) is 84.4 Å². The Bertz CT molecular complexity index is 703. The molecule has 3 rings (SSSR count). The van der Waals surface area contributed by atoms with E-state index in [0.29, 0.717) is 6.54 Å². The number of anilines is 1. The van der Waals surface area contributed by atoms with E-state index in [1.807, 2.05) is 4.90 Å². The van der Waals surface area contributed by atoms with Crippen LogP contribution in [-0.2, 0) is 13.0 Å². The van der Waals surface area contributed by atoms with E-state index in [9.17, 15) is 19.6 Å². The second-order valence-electron chi connectivity index (χ2n) is 5.30. The van der Waals surface area contributed by atoms with Gasteiger partial charge in [0, 0.05) is 18.8 Å². The molecule has 1 aliphatic heterocycles. The number of aliphatic hydroxyl groups is 1. The number of halogens is 1. The maximum Gasteiger partial charge on any atom is 0.306 e. The van der Waals surface area contributed by atoms with E-state index in [4.69, 9.17) is 0 Å². The Hall–Kier alpha value is -2.48. The summed E-state index contributed by atoms with van der Waals surface area (Å²) >= 11 is 0. The summed E-state index contributed by atoms with van der Waals surface area (Å²) in [6.07, 6.45) is 2.48. The molecule has 1 aliphatic rings. The lowest BCUT2D eigenvalue weighted by Crippen LogP contribution is -2.33. The summed E-state index contributed by atoms with van der Waals surface area (Å²) in [7, 11) is 0. The van der Waals surface area contributed by atoms with Crippen molar-refractivity contribution in [2.45, 2.75) is 19.1 Å². The SMILES string of the molecule is O=[N+]([O-])c1cnn(C[C@H](O)CN2CCc3ccc(F)cc32)c1. The van der Waals surface area contributed by atoms with Crippen molar-refractivity contribution in [3.8, 4) is 0 Å².